The van der Waals surface area contributed by atoms with E-state index >= 15 is 0 Å². The van der Waals surface area contributed by atoms with Crippen LogP contribution in [0.1, 0.15) is 162 Å². The van der Waals surface area contributed by atoms with Gasteiger partial charge in [-0.05, 0) is 32.1 Å². The van der Waals surface area contributed by atoms with Crippen molar-refractivity contribution in [2.45, 2.75) is 210 Å². The number of carbonyl (C=O) groups is 1. The first-order valence-electron chi connectivity index (χ1n) is 20.2. The summed E-state index contributed by atoms with van der Waals surface area (Å²) in [7, 11) is 0. The molecule has 0 aromatic carbocycles. The predicted octanol–water partition coefficient (Wildman–Crippen LogP) is 6.13. The third-order valence-corrected chi connectivity index (χ3v) is 9.64. The average Bonchev–Trinajstić information content (AvgIpc) is 3.11. The van der Waals surface area contributed by atoms with Crippen LogP contribution < -0.4 is 5.32 Å². The molecule has 1 rings (SSSR count). The Morgan fingerprint density at radius 2 is 1.18 bits per heavy atom. The fourth-order valence-electron chi connectivity index (χ4n) is 6.24. The maximum atomic E-state index is 12.9. The minimum atomic E-state index is -1.61. The van der Waals surface area contributed by atoms with Crippen molar-refractivity contribution < 1.29 is 44.9 Å². The predicted molar refractivity (Wildman–Crippen MR) is 199 cm³/mol. The Bertz CT molecular complexity index is 855. The van der Waals surface area contributed by atoms with Crippen LogP contribution in [0.25, 0.3) is 0 Å². The number of aliphatic hydroxyl groups excluding tert-OH is 6. The van der Waals surface area contributed by atoms with Crippen molar-refractivity contribution in [1.29, 1.82) is 0 Å². The number of amides is 1. The molecular formula is C40H75NO9. The van der Waals surface area contributed by atoms with Gasteiger partial charge in [-0.2, -0.15) is 0 Å². The number of rotatable bonds is 32. The summed E-state index contributed by atoms with van der Waals surface area (Å²) >= 11 is 0. The highest BCUT2D eigenvalue weighted by molar-refractivity contribution is 5.80. The summed E-state index contributed by atoms with van der Waals surface area (Å²) in [5.74, 6) is -0.628. The highest BCUT2D eigenvalue weighted by Gasteiger charge is 2.44. The van der Waals surface area contributed by atoms with Gasteiger partial charge in [-0.3, -0.25) is 4.79 Å². The van der Waals surface area contributed by atoms with Gasteiger partial charge in [-0.15, -0.1) is 0 Å². The van der Waals surface area contributed by atoms with E-state index in [2.05, 4.69) is 31.3 Å². The second-order valence-corrected chi connectivity index (χ2v) is 14.2. The summed E-state index contributed by atoms with van der Waals surface area (Å²) < 4.78 is 11.1. The molecule has 1 aliphatic heterocycles. The Morgan fingerprint density at radius 3 is 1.74 bits per heavy atom. The number of carbonyl (C=O) groups excluding carboxylic acids is 1. The van der Waals surface area contributed by atoms with E-state index in [1.54, 1.807) is 6.08 Å². The van der Waals surface area contributed by atoms with Gasteiger partial charge in [-0.1, -0.05) is 154 Å². The molecule has 10 heteroatoms. The smallest absolute Gasteiger partial charge is 0.249 e. The largest absolute Gasteiger partial charge is 0.394 e. The quantitative estimate of drug-likeness (QED) is 0.0320. The van der Waals surface area contributed by atoms with Gasteiger partial charge in [0, 0.05) is 0 Å². The van der Waals surface area contributed by atoms with Gasteiger partial charge in [0.15, 0.2) is 6.29 Å². The molecular weight excluding hydrogens is 638 g/mol. The Morgan fingerprint density at radius 1 is 0.680 bits per heavy atom. The summed E-state index contributed by atoms with van der Waals surface area (Å²) in [4.78, 5) is 12.9. The average molecular weight is 714 g/mol. The maximum absolute atomic E-state index is 12.9. The molecule has 7 N–H and O–H groups in total. The standard InChI is InChI=1S/C40H75NO9/c1-3-5-7-9-11-13-15-17-19-20-22-24-26-28-33(43)32(31-49-40-38(47)37(46)36(45)35(30-42)50-40)41-39(48)34(44)29-27-25-23-21-18-16-14-12-10-8-6-4-2/h19-20,26,28,32-38,40,42-47H,3-18,21-25,27,29-31H2,1-2H3,(H,41,48)/b20-19-,28-26+/t32-,33+,34+,35+,36+,37-,38+,40+/m0/s1. The number of unbranched alkanes of at least 4 members (excludes halogenated alkanes) is 19. The number of allylic oxidation sites excluding steroid dienone is 3. The first-order valence-corrected chi connectivity index (χ1v) is 20.2. The monoisotopic (exact) mass is 714 g/mol. The normalized spacial score (nSPS) is 23.1. The van der Waals surface area contributed by atoms with Crippen molar-refractivity contribution in [3.8, 4) is 0 Å². The minimum Gasteiger partial charge on any atom is -0.394 e. The molecule has 0 radical (unpaired) electrons. The summed E-state index contributed by atoms with van der Waals surface area (Å²) in [6.45, 7) is 3.54. The molecule has 0 aromatic heterocycles. The Labute approximate surface area is 303 Å². The third-order valence-electron chi connectivity index (χ3n) is 9.64. The van der Waals surface area contributed by atoms with Crippen LogP contribution in [-0.4, -0.2) is 98.7 Å². The highest BCUT2D eigenvalue weighted by Crippen LogP contribution is 2.22. The lowest BCUT2D eigenvalue weighted by Crippen LogP contribution is -2.60. The van der Waals surface area contributed by atoms with E-state index in [1.165, 1.54) is 96.3 Å². The van der Waals surface area contributed by atoms with E-state index in [9.17, 15) is 35.4 Å². The van der Waals surface area contributed by atoms with E-state index in [1.807, 2.05) is 6.08 Å². The summed E-state index contributed by atoms with van der Waals surface area (Å²) in [6, 6.07) is -0.990. The van der Waals surface area contributed by atoms with Gasteiger partial charge in [0.25, 0.3) is 0 Å². The van der Waals surface area contributed by atoms with Crippen molar-refractivity contribution in [3.63, 3.8) is 0 Å². The first-order chi connectivity index (χ1) is 24.3. The van der Waals surface area contributed by atoms with E-state index in [0.717, 1.165) is 32.1 Å². The van der Waals surface area contributed by atoms with Crippen LogP contribution in [0.3, 0.4) is 0 Å². The molecule has 10 nitrogen and oxygen atoms in total. The fraction of sp³-hybridized carbons (Fsp3) is 0.875. The molecule has 294 valence electrons. The third kappa shape index (κ3) is 21.9. The minimum absolute atomic E-state index is 0.306. The number of hydrogen-bond acceptors (Lipinski definition) is 9. The Balaban J connectivity index is 2.54. The van der Waals surface area contributed by atoms with Crippen LogP contribution in [0.15, 0.2) is 24.3 Å². The number of nitrogens with one attached hydrogen (secondary N) is 1. The molecule has 0 spiro atoms. The topological polar surface area (TPSA) is 169 Å². The second-order valence-electron chi connectivity index (χ2n) is 14.2. The zero-order chi connectivity index (χ0) is 36.8. The van der Waals surface area contributed by atoms with Gasteiger partial charge in [0.1, 0.15) is 30.5 Å². The number of hydrogen-bond donors (Lipinski definition) is 7. The van der Waals surface area contributed by atoms with Crippen molar-refractivity contribution in [1.82, 2.24) is 5.32 Å². The molecule has 50 heavy (non-hydrogen) atoms. The molecule has 8 atom stereocenters. The first kappa shape index (κ1) is 46.7. The van der Waals surface area contributed by atoms with Crippen LogP contribution in [0.5, 0.6) is 0 Å². The molecule has 0 saturated carbocycles. The molecule has 1 heterocycles. The van der Waals surface area contributed by atoms with Crippen molar-refractivity contribution in [2.75, 3.05) is 13.2 Å². The summed E-state index contributed by atoms with van der Waals surface area (Å²) in [5.41, 5.74) is 0. The van der Waals surface area contributed by atoms with Crippen LogP contribution in [-0.2, 0) is 14.3 Å². The lowest BCUT2D eigenvalue weighted by molar-refractivity contribution is -0.302. The zero-order valence-electron chi connectivity index (χ0n) is 31.5. The summed E-state index contributed by atoms with van der Waals surface area (Å²) in [5, 5.41) is 64.3. The molecule has 1 fully saturated rings. The zero-order valence-corrected chi connectivity index (χ0v) is 31.5. The lowest BCUT2D eigenvalue weighted by atomic mass is 9.99. The molecule has 1 amide bonds. The van der Waals surface area contributed by atoms with Crippen LogP contribution >= 0.6 is 0 Å². The lowest BCUT2D eigenvalue weighted by Gasteiger charge is -2.40. The van der Waals surface area contributed by atoms with E-state index in [-0.39, 0.29) is 6.61 Å². The van der Waals surface area contributed by atoms with E-state index in [4.69, 9.17) is 9.47 Å². The number of aliphatic hydroxyl groups is 6. The summed E-state index contributed by atoms with van der Waals surface area (Å²) in [6.07, 6.45) is 24.1. The van der Waals surface area contributed by atoms with Crippen molar-refractivity contribution >= 4 is 5.91 Å². The van der Waals surface area contributed by atoms with Crippen LogP contribution in [0, 0.1) is 0 Å². The molecule has 1 aliphatic rings. The Kier molecular flexibility index (Phi) is 29.1. The van der Waals surface area contributed by atoms with Gasteiger partial charge in [0.05, 0.1) is 25.4 Å². The molecule has 0 bridgehead atoms. The fourth-order valence-corrected chi connectivity index (χ4v) is 6.24. The second kappa shape index (κ2) is 31.2. The van der Waals surface area contributed by atoms with Gasteiger partial charge < -0.3 is 45.4 Å². The van der Waals surface area contributed by atoms with Gasteiger partial charge in [-0.25, -0.2) is 0 Å². The molecule has 0 aliphatic carbocycles. The van der Waals surface area contributed by atoms with Crippen molar-refractivity contribution in [2.24, 2.45) is 0 Å². The molecule has 0 aromatic rings. The van der Waals surface area contributed by atoms with Crippen LogP contribution in [0.2, 0.25) is 0 Å². The highest BCUT2D eigenvalue weighted by atomic mass is 16.7. The SMILES string of the molecule is CCCCCCCCC/C=C\CC/C=C/[C@@H](O)[C@H](CO[C@@H]1O[C@H](CO)[C@@H](O)[C@H](O)[C@H]1O)NC(=O)[C@H](O)CCCCCCCCCCCCCC. The van der Waals surface area contributed by atoms with Gasteiger partial charge >= 0.3 is 0 Å². The maximum Gasteiger partial charge on any atom is 0.249 e. The molecule has 0 unspecified atom stereocenters. The molecule has 1 saturated heterocycles. The van der Waals surface area contributed by atoms with Gasteiger partial charge in [0.2, 0.25) is 5.91 Å². The Hall–Kier alpha value is -1.37. The van der Waals surface area contributed by atoms with E-state index < -0.39 is 61.5 Å². The number of ether oxygens (including phenoxy) is 2. The van der Waals surface area contributed by atoms with Crippen molar-refractivity contribution in [3.05, 3.63) is 24.3 Å². The van der Waals surface area contributed by atoms with E-state index in [0.29, 0.717) is 19.3 Å². The van der Waals surface area contributed by atoms with Crippen LogP contribution in [0.4, 0.5) is 0 Å².